The minimum Gasteiger partial charge on any atom is -0.264 e. The van der Waals surface area contributed by atoms with Crippen molar-refractivity contribution in [1.29, 1.82) is 0 Å². The van der Waals surface area contributed by atoms with E-state index in [4.69, 9.17) is 0 Å². The molecule has 2 heterocycles. The van der Waals surface area contributed by atoms with Crippen molar-refractivity contribution < 1.29 is 0 Å². The molecule has 0 bridgehead atoms. The molecule has 4 heteroatoms. The highest BCUT2D eigenvalue weighted by Gasteiger charge is 2.02. The van der Waals surface area contributed by atoms with Crippen LogP contribution in [0.1, 0.15) is 4.88 Å². The van der Waals surface area contributed by atoms with Crippen LogP contribution in [0.3, 0.4) is 0 Å². The molecule has 0 radical (unpaired) electrons. The molecule has 0 N–H and O–H groups in total. The first-order valence-corrected chi connectivity index (χ1v) is 5.75. The fourth-order valence-corrected chi connectivity index (χ4v) is 2.23. The predicted molar refractivity (Wildman–Crippen MR) is 58.0 cm³/mol. The van der Waals surface area contributed by atoms with Gasteiger partial charge in [0.15, 0.2) is 0 Å². The van der Waals surface area contributed by atoms with E-state index in [1.54, 1.807) is 17.5 Å². The van der Waals surface area contributed by atoms with Crippen molar-refractivity contribution in [3.63, 3.8) is 0 Å². The zero-order valence-corrected chi connectivity index (χ0v) is 9.18. The van der Waals surface area contributed by atoms with Crippen LogP contribution in [0, 0.1) is 0 Å². The van der Waals surface area contributed by atoms with Gasteiger partial charge in [0.1, 0.15) is 5.01 Å². The molecule has 0 saturated heterocycles. The average Bonchev–Trinajstić information content (AvgIpc) is 2.67. The summed E-state index contributed by atoms with van der Waals surface area (Å²) in [5.74, 6) is 0. The fourth-order valence-electron chi connectivity index (χ4n) is 0.992. The van der Waals surface area contributed by atoms with Crippen molar-refractivity contribution in [3.8, 4) is 10.6 Å². The van der Waals surface area contributed by atoms with Crippen LogP contribution in [0.5, 0.6) is 0 Å². The van der Waals surface area contributed by atoms with Crippen molar-refractivity contribution >= 4 is 27.3 Å². The van der Waals surface area contributed by atoms with Gasteiger partial charge in [0.25, 0.3) is 0 Å². The second-order valence-corrected chi connectivity index (χ2v) is 4.18. The number of nitrogens with zero attached hydrogens (tertiary/aromatic N) is 2. The number of alkyl halides is 1. The average molecular weight is 255 g/mol. The Morgan fingerprint density at radius 1 is 1.38 bits per heavy atom. The fraction of sp³-hybridized carbons (Fsp3) is 0.111. The number of thiazole rings is 1. The molecule has 13 heavy (non-hydrogen) atoms. The van der Waals surface area contributed by atoms with Gasteiger partial charge in [-0.25, -0.2) is 4.98 Å². The van der Waals surface area contributed by atoms with Gasteiger partial charge in [-0.15, -0.1) is 11.3 Å². The van der Waals surface area contributed by atoms with Crippen LogP contribution in [-0.4, -0.2) is 9.97 Å². The van der Waals surface area contributed by atoms with Gasteiger partial charge < -0.3 is 0 Å². The van der Waals surface area contributed by atoms with Crippen LogP contribution in [0.4, 0.5) is 0 Å². The van der Waals surface area contributed by atoms with Crippen LogP contribution in [0.2, 0.25) is 0 Å². The SMILES string of the molecule is BrCc1cnc(-c2cccnc2)s1. The Bertz CT molecular complexity index is 386. The first-order valence-electron chi connectivity index (χ1n) is 3.81. The number of pyridine rings is 1. The predicted octanol–water partition coefficient (Wildman–Crippen LogP) is 3.10. The number of hydrogen-bond acceptors (Lipinski definition) is 3. The summed E-state index contributed by atoms with van der Waals surface area (Å²) >= 11 is 5.09. The normalized spacial score (nSPS) is 10.2. The van der Waals surface area contributed by atoms with Crippen molar-refractivity contribution in [1.82, 2.24) is 9.97 Å². The minimum absolute atomic E-state index is 0.866. The Balaban J connectivity index is 2.36. The molecule has 0 saturated carbocycles. The number of aromatic nitrogens is 2. The van der Waals surface area contributed by atoms with Gasteiger partial charge in [-0.05, 0) is 12.1 Å². The molecular weight excluding hydrogens is 248 g/mol. The molecule has 2 rings (SSSR count). The van der Waals surface area contributed by atoms with Gasteiger partial charge in [0.05, 0.1) is 0 Å². The van der Waals surface area contributed by atoms with E-state index in [1.165, 1.54) is 4.88 Å². The molecule has 0 aliphatic rings. The topological polar surface area (TPSA) is 25.8 Å². The minimum atomic E-state index is 0.866. The molecule has 0 amide bonds. The summed E-state index contributed by atoms with van der Waals surface area (Å²) in [6.45, 7) is 0. The summed E-state index contributed by atoms with van der Waals surface area (Å²) in [5, 5.41) is 1.90. The summed E-state index contributed by atoms with van der Waals surface area (Å²) in [5.41, 5.74) is 1.08. The lowest BCUT2D eigenvalue weighted by atomic mass is 10.3. The second kappa shape index (κ2) is 3.98. The van der Waals surface area contributed by atoms with Crippen molar-refractivity contribution in [2.24, 2.45) is 0 Å². The van der Waals surface area contributed by atoms with Crippen LogP contribution >= 0.6 is 27.3 Å². The third-order valence-corrected chi connectivity index (χ3v) is 3.62. The van der Waals surface area contributed by atoms with E-state index in [0.717, 1.165) is 15.9 Å². The van der Waals surface area contributed by atoms with Crippen LogP contribution < -0.4 is 0 Å². The van der Waals surface area contributed by atoms with Gasteiger partial charge in [-0.3, -0.25) is 4.98 Å². The summed E-state index contributed by atoms with van der Waals surface area (Å²) in [6.07, 6.45) is 5.49. The molecule has 0 fully saturated rings. The highest BCUT2D eigenvalue weighted by Crippen LogP contribution is 2.25. The summed E-state index contributed by atoms with van der Waals surface area (Å²) in [7, 11) is 0. The zero-order chi connectivity index (χ0) is 9.10. The van der Waals surface area contributed by atoms with Gasteiger partial charge in [0, 0.05) is 34.4 Å². The van der Waals surface area contributed by atoms with E-state index < -0.39 is 0 Å². The van der Waals surface area contributed by atoms with E-state index >= 15 is 0 Å². The molecule has 66 valence electrons. The van der Waals surface area contributed by atoms with E-state index in [1.807, 2.05) is 24.5 Å². The molecule has 0 aliphatic heterocycles. The smallest absolute Gasteiger partial charge is 0.125 e. The van der Waals surface area contributed by atoms with E-state index in [2.05, 4.69) is 25.9 Å². The standard InChI is InChI=1S/C9H7BrN2S/c10-4-8-6-12-9(13-8)7-2-1-3-11-5-7/h1-3,5-6H,4H2. The second-order valence-electron chi connectivity index (χ2n) is 2.51. The van der Waals surface area contributed by atoms with Gasteiger partial charge >= 0.3 is 0 Å². The quantitative estimate of drug-likeness (QED) is 0.770. The number of rotatable bonds is 2. The first kappa shape index (κ1) is 8.84. The Hall–Kier alpha value is -0.740. The van der Waals surface area contributed by atoms with E-state index in [0.29, 0.717) is 0 Å². The highest BCUT2D eigenvalue weighted by molar-refractivity contribution is 9.08. The van der Waals surface area contributed by atoms with E-state index in [9.17, 15) is 0 Å². The Labute approximate surface area is 88.8 Å². The molecule has 2 aromatic heterocycles. The summed E-state index contributed by atoms with van der Waals surface area (Å²) < 4.78 is 0. The number of halogens is 1. The molecule has 2 nitrogen and oxygen atoms in total. The van der Waals surface area contributed by atoms with Gasteiger partial charge in [-0.2, -0.15) is 0 Å². The van der Waals surface area contributed by atoms with Crippen LogP contribution in [-0.2, 0) is 5.33 Å². The summed E-state index contributed by atoms with van der Waals surface area (Å²) in [4.78, 5) is 9.59. The lowest BCUT2D eigenvalue weighted by Gasteiger charge is -1.91. The highest BCUT2D eigenvalue weighted by atomic mass is 79.9. The maximum atomic E-state index is 4.31. The molecular formula is C9H7BrN2S. The maximum absolute atomic E-state index is 4.31. The van der Waals surface area contributed by atoms with Crippen molar-refractivity contribution in [3.05, 3.63) is 35.6 Å². The van der Waals surface area contributed by atoms with Crippen LogP contribution in [0.25, 0.3) is 10.6 Å². The molecule has 0 aromatic carbocycles. The molecule has 2 aromatic rings. The number of hydrogen-bond donors (Lipinski definition) is 0. The molecule has 0 spiro atoms. The Kier molecular flexibility index (Phi) is 2.71. The first-order chi connectivity index (χ1) is 6.40. The zero-order valence-electron chi connectivity index (χ0n) is 6.77. The van der Waals surface area contributed by atoms with Gasteiger partial charge in [-0.1, -0.05) is 15.9 Å². The Morgan fingerprint density at radius 2 is 2.31 bits per heavy atom. The molecule has 0 atom stereocenters. The van der Waals surface area contributed by atoms with Gasteiger partial charge in [0.2, 0.25) is 0 Å². The lowest BCUT2D eigenvalue weighted by Crippen LogP contribution is -1.75. The third-order valence-electron chi connectivity index (χ3n) is 1.59. The largest absolute Gasteiger partial charge is 0.264 e. The lowest BCUT2D eigenvalue weighted by molar-refractivity contribution is 1.31. The summed E-state index contributed by atoms with van der Waals surface area (Å²) in [6, 6.07) is 3.94. The maximum Gasteiger partial charge on any atom is 0.125 e. The van der Waals surface area contributed by atoms with E-state index in [-0.39, 0.29) is 0 Å². The van der Waals surface area contributed by atoms with Crippen molar-refractivity contribution in [2.75, 3.05) is 0 Å². The third kappa shape index (κ3) is 1.95. The molecule has 0 unspecified atom stereocenters. The monoisotopic (exact) mass is 254 g/mol. The Morgan fingerprint density at radius 3 is 2.92 bits per heavy atom. The molecule has 0 aliphatic carbocycles. The van der Waals surface area contributed by atoms with Crippen molar-refractivity contribution in [2.45, 2.75) is 5.33 Å². The van der Waals surface area contributed by atoms with Crippen LogP contribution in [0.15, 0.2) is 30.7 Å².